The van der Waals surface area contributed by atoms with Crippen molar-refractivity contribution in [3.05, 3.63) is 77.3 Å². The first kappa shape index (κ1) is 18.4. The van der Waals surface area contributed by atoms with Crippen molar-refractivity contribution in [1.29, 1.82) is 0 Å². The highest BCUT2D eigenvalue weighted by Gasteiger charge is 2.15. The summed E-state index contributed by atoms with van der Waals surface area (Å²) < 4.78 is 4.49. The van der Waals surface area contributed by atoms with Gasteiger partial charge < -0.3 is 5.32 Å². The number of nitrogens with zero attached hydrogens (tertiary/aromatic N) is 4. The molecule has 1 amide bonds. The number of benzene rings is 2. The first-order valence-electron chi connectivity index (χ1n) is 9.06. The molecule has 0 saturated heterocycles. The fourth-order valence-corrected chi connectivity index (χ4v) is 3.51. The Kier molecular flexibility index (Phi) is 5.25. The van der Waals surface area contributed by atoms with Crippen molar-refractivity contribution in [2.75, 3.05) is 5.32 Å². The number of nitrogens with one attached hydrogen (secondary N) is 1. The van der Waals surface area contributed by atoms with Gasteiger partial charge in [-0.05, 0) is 32.3 Å². The predicted octanol–water partition coefficient (Wildman–Crippen LogP) is 4.32. The molecule has 0 spiro atoms. The lowest BCUT2D eigenvalue weighted by molar-refractivity contribution is -0.119. The van der Waals surface area contributed by atoms with Gasteiger partial charge in [0.25, 0.3) is 0 Å². The molecule has 0 aliphatic rings. The Labute approximate surface area is 171 Å². The standard InChI is InChI=1S/C21H20BrN5O/c1-15(11-26-13-18(22)9-23-26)21(28)25-19-10-24-27(14-19)12-17-7-4-6-16-5-2-3-8-20(16)17/h2-10,13-15H,11-12H2,1H3,(H,25,28). The Morgan fingerprint density at radius 3 is 2.68 bits per heavy atom. The Morgan fingerprint density at radius 2 is 1.86 bits per heavy atom. The minimum atomic E-state index is -0.215. The van der Waals surface area contributed by atoms with Crippen LogP contribution in [0.15, 0.2) is 71.7 Å². The monoisotopic (exact) mass is 437 g/mol. The molecule has 2 aromatic carbocycles. The molecule has 1 atom stereocenters. The number of rotatable bonds is 6. The minimum Gasteiger partial charge on any atom is -0.323 e. The summed E-state index contributed by atoms with van der Waals surface area (Å²) in [5.74, 6) is -0.274. The van der Waals surface area contributed by atoms with Crippen LogP contribution in [-0.4, -0.2) is 25.5 Å². The first-order chi connectivity index (χ1) is 13.6. The van der Waals surface area contributed by atoms with Gasteiger partial charge in [-0.1, -0.05) is 49.4 Å². The Morgan fingerprint density at radius 1 is 1.07 bits per heavy atom. The Bertz CT molecular complexity index is 1110. The number of carbonyl (C=O) groups is 1. The number of anilines is 1. The van der Waals surface area contributed by atoms with E-state index in [9.17, 15) is 4.79 Å². The van der Waals surface area contributed by atoms with Crippen molar-refractivity contribution >= 4 is 38.3 Å². The van der Waals surface area contributed by atoms with Crippen molar-refractivity contribution in [2.45, 2.75) is 20.0 Å². The molecule has 0 aliphatic carbocycles. The lowest BCUT2D eigenvalue weighted by Crippen LogP contribution is -2.24. The molecule has 0 bridgehead atoms. The van der Waals surface area contributed by atoms with Crippen LogP contribution in [-0.2, 0) is 17.9 Å². The number of halogens is 1. The van der Waals surface area contributed by atoms with Gasteiger partial charge in [-0.3, -0.25) is 14.2 Å². The zero-order valence-electron chi connectivity index (χ0n) is 15.4. The molecule has 1 unspecified atom stereocenters. The summed E-state index contributed by atoms with van der Waals surface area (Å²) in [4.78, 5) is 12.5. The van der Waals surface area contributed by atoms with Crippen LogP contribution >= 0.6 is 15.9 Å². The largest absolute Gasteiger partial charge is 0.323 e. The van der Waals surface area contributed by atoms with E-state index >= 15 is 0 Å². The van der Waals surface area contributed by atoms with Crippen molar-refractivity contribution < 1.29 is 4.79 Å². The maximum Gasteiger partial charge on any atom is 0.229 e. The van der Waals surface area contributed by atoms with Gasteiger partial charge in [0.2, 0.25) is 5.91 Å². The van der Waals surface area contributed by atoms with Crippen LogP contribution in [0.1, 0.15) is 12.5 Å². The van der Waals surface area contributed by atoms with E-state index in [0.717, 1.165) is 4.47 Å². The second-order valence-electron chi connectivity index (χ2n) is 6.84. The van der Waals surface area contributed by atoms with Crippen LogP contribution in [0.25, 0.3) is 10.8 Å². The van der Waals surface area contributed by atoms with Gasteiger partial charge in [0.15, 0.2) is 0 Å². The van der Waals surface area contributed by atoms with E-state index in [1.165, 1.54) is 16.3 Å². The minimum absolute atomic E-state index is 0.0590. The number of carbonyl (C=O) groups excluding carboxylic acids is 1. The highest BCUT2D eigenvalue weighted by Crippen LogP contribution is 2.20. The summed E-state index contributed by atoms with van der Waals surface area (Å²) in [6.07, 6.45) is 7.10. The molecule has 2 heterocycles. The van der Waals surface area contributed by atoms with Gasteiger partial charge in [-0.25, -0.2) is 0 Å². The number of hydrogen-bond acceptors (Lipinski definition) is 3. The summed E-state index contributed by atoms with van der Waals surface area (Å²) >= 11 is 3.36. The smallest absolute Gasteiger partial charge is 0.229 e. The zero-order chi connectivity index (χ0) is 19.5. The van der Waals surface area contributed by atoms with E-state index in [0.29, 0.717) is 18.8 Å². The fraction of sp³-hybridized carbons (Fsp3) is 0.190. The summed E-state index contributed by atoms with van der Waals surface area (Å²) in [5, 5.41) is 13.9. The van der Waals surface area contributed by atoms with Crippen LogP contribution in [0, 0.1) is 5.92 Å². The molecule has 0 fully saturated rings. The molecule has 7 heteroatoms. The number of fused-ring (bicyclic) bond motifs is 1. The summed E-state index contributed by atoms with van der Waals surface area (Å²) in [7, 11) is 0. The van der Waals surface area contributed by atoms with Crippen LogP contribution in [0.5, 0.6) is 0 Å². The third-order valence-electron chi connectivity index (χ3n) is 4.62. The molecule has 0 aliphatic heterocycles. The maximum atomic E-state index is 12.5. The van der Waals surface area contributed by atoms with E-state index < -0.39 is 0 Å². The topological polar surface area (TPSA) is 64.7 Å². The summed E-state index contributed by atoms with van der Waals surface area (Å²) in [6, 6.07) is 14.6. The SMILES string of the molecule is CC(Cn1cc(Br)cn1)C(=O)Nc1cnn(Cc2cccc3ccccc23)c1. The quantitative estimate of drug-likeness (QED) is 0.488. The van der Waals surface area contributed by atoms with Gasteiger partial charge in [-0.2, -0.15) is 10.2 Å². The molecule has 2 aromatic heterocycles. The molecule has 0 radical (unpaired) electrons. The Balaban J connectivity index is 1.42. The first-order valence-corrected chi connectivity index (χ1v) is 9.86. The van der Waals surface area contributed by atoms with Gasteiger partial charge in [0.1, 0.15) is 0 Å². The molecule has 4 rings (SSSR count). The van der Waals surface area contributed by atoms with Gasteiger partial charge in [0.05, 0.1) is 41.6 Å². The molecular weight excluding hydrogens is 418 g/mol. The average molecular weight is 438 g/mol. The van der Waals surface area contributed by atoms with Gasteiger partial charge >= 0.3 is 0 Å². The average Bonchev–Trinajstić information content (AvgIpc) is 3.30. The van der Waals surface area contributed by atoms with Crippen LogP contribution < -0.4 is 5.32 Å². The predicted molar refractivity (Wildman–Crippen MR) is 113 cm³/mol. The summed E-state index contributed by atoms with van der Waals surface area (Å²) in [5.41, 5.74) is 1.88. The van der Waals surface area contributed by atoms with Crippen LogP contribution in [0.4, 0.5) is 5.69 Å². The molecule has 1 N–H and O–H groups in total. The molecule has 4 aromatic rings. The zero-order valence-corrected chi connectivity index (χ0v) is 17.0. The molecule has 6 nitrogen and oxygen atoms in total. The second-order valence-corrected chi connectivity index (χ2v) is 7.75. The molecule has 142 valence electrons. The normalized spacial score (nSPS) is 12.2. The van der Waals surface area contributed by atoms with E-state index in [-0.39, 0.29) is 11.8 Å². The van der Waals surface area contributed by atoms with Crippen LogP contribution in [0.3, 0.4) is 0 Å². The third kappa shape index (κ3) is 4.14. The highest BCUT2D eigenvalue weighted by molar-refractivity contribution is 9.10. The van der Waals surface area contributed by atoms with Gasteiger partial charge in [0, 0.05) is 12.4 Å². The van der Waals surface area contributed by atoms with Crippen molar-refractivity contribution in [1.82, 2.24) is 19.6 Å². The van der Waals surface area contributed by atoms with Crippen molar-refractivity contribution in [2.24, 2.45) is 5.92 Å². The Hall–Kier alpha value is -2.93. The number of hydrogen-bond donors (Lipinski definition) is 1. The van der Waals surface area contributed by atoms with Gasteiger partial charge in [-0.15, -0.1) is 0 Å². The number of amides is 1. The maximum absolute atomic E-state index is 12.5. The second kappa shape index (κ2) is 7.98. The van der Waals surface area contributed by atoms with E-state index in [2.05, 4.69) is 61.8 Å². The number of aromatic nitrogens is 4. The van der Waals surface area contributed by atoms with Crippen molar-refractivity contribution in [3.8, 4) is 0 Å². The van der Waals surface area contributed by atoms with E-state index in [1.807, 2.05) is 36.1 Å². The lowest BCUT2D eigenvalue weighted by Gasteiger charge is -2.11. The third-order valence-corrected chi connectivity index (χ3v) is 5.03. The fourth-order valence-electron chi connectivity index (χ4n) is 3.19. The summed E-state index contributed by atoms with van der Waals surface area (Å²) in [6.45, 7) is 3.04. The lowest BCUT2D eigenvalue weighted by atomic mass is 10.0. The van der Waals surface area contributed by atoms with Crippen molar-refractivity contribution in [3.63, 3.8) is 0 Å². The van der Waals surface area contributed by atoms with Crippen LogP contribution in [0.2, 0.25) is 0 Å². The molecule has 28 heavy (non-hydrogen) atoms. The highest BCUT2D eigenvalue weighted by atomic mass is 79.9. The van der Waals surface area contributed by atoms with E-state index in [4.69, 9.17) is 0 Å². The molecule has 0 saturated carbocycles. The van der Waals surface area contributed by atoms with E-state index in [1.54, 1.807) is 17.1 Å². The molecular formula is C21H20BrN5O.